The van der Waals surface area contributed by atoms with Crippen LogP contribution in [0.2, 0.25) is 10.2 Å². The molecular weight excluding hydrogens is 283 g/mol. The summed E-state index contributed by atoms with van der Waals surface area (Å²) in [5.74, 6) is -0.260. The Bertz CT molecular complexity index is 609. The van der Waals surface area contributed by atoms with Crippen molar-refractivity contribution in [2.45, 2.75) is 0 Å². The Morgan fingerprint density at radius 3 is 2.63 bits per heavy atom. The van der Waals surface area contributed by atoms with Crippen molar-refractivity contribution in [3.63, 3.8) is 0 Å². The lowest BCUT2D eigenvalue weighted by Gasteiger charge is -2.01. The maximum absolute atomic E-state index is 11.7. The minimum absolute atomic E-state index is 0.260. The molecule has 96 valence electrons. The quantitative estimate of drug-likeness (QED) is 0.685. The fourth-order valence-corrected chi connectivity index (χ4v) is 1.72. The first-order valence-electron chi connectivity index (χ1n) is 5.50. The predicted octanol–water partition coefficient (Wildman–Crippen LogP) is 4.04. The second kappa shape index (κ2) is 6.36. The zero-order chi connectivity index (χ0) is 13.7. The molecule has 0 atom stereocenters. The molecule has 5 heteroatoms. The zero-order valence-electron chi connectivity index (χ0n) is 9.81. The molecule has 0 aliphatic carbocycles. The van der Waals surface area contributed by atoms with Gasteiger partial charge in [0.2, 0.25) is 5.91 Å². The summed E-state index contributed by atoms with van der Waals surface area (Å²) in [7, 11) is 0. The van der Waals surface area contributed by atoms with Crippen LogP contribution in [0, 0.1) is 0 Å². The first kappa shape index (κ1) is 13.6. The van der Waals surface area contributed by atoms with Crippen molar-refractivity contribution in [3.05, 3.63) is 64.4 Å². The van der Waals surface area contributed by atoms with E-state index in [-0.39, 0.29) is 5.91 Å². The highest BCUT2D eigenvalue weighted by Crippen LogP contribution is 2.16. The topological polar surface area (TPSA) is 42.0 Å². The van der Waals surface area contributed by atoms with Gasteiger partial charge >= 0.3 is 0 Å². The van der Waals surface area contributed by atoms with Crippen molar-refractivity contribution >= 4 is 40.9 Å². The number of nitrogens with zero attached hydrogens (tertiary/aromatic N) is 1. The largest absolute Gasteiger partial charge is 0.321 e. The molecule has 3 nitrogen and oxygen atoms in total. The van der Waals surface area contributed by atoms with E-state index in [0.29, 0.717) is 15.9 Å². The third kappa shape index (κ3) is 4.09. The van der Waals surface area contributed by atoms with Crippen LogP contribution in [0.15, 0.2) is 48.7 Å². The SMILES string of the molecule is O=C(/C=C/c1ccccc1Cl)Nc1ccc(Cl)nc1. The van der Waals surface area contributed by atoms with Crippen LogP contribution in [0.3, 0.4) is 0 Å². The van der Waals surface area contributed by atoms with Crippen molar-refractivity contribution in [2.75, 3.05) is 5.32 Å². The summed E-state index contributed by atoms with van der Waals surface area (Å²) in [6.07, 6.45) is 4.56. The first-order valence-corrected chi connectivity index (χ1v) is 6.26. The molecule has 0 spiro atoms. The van der Waals surface area contributed by atoms with E-state index in [0.717, 1.165) is 5.56 Å². The third-order valence-corrected chi connectivity index (χ3v) is 2.88. The molecule has 1 aromatic heterocycles. The Morgan fingerprint density at radius 1 is 1.16 bits per heavy atom. The van der Waals surface area contributed by atoms with E-state index < -0.39 is 0 Å². The highest BCUT2D eigenvalue weighted by Gasteiger charge is 1.99. The van der Waals surface area contributed by atoms with Crippen molar-refractivity contribution in [1.82, 2.24) is 4.98 Å². The van der Waals surface area contributed by atoms with E-state index >= 15 is 0 Å². The molecule has 1 aromatic carbocycles. The Kier molecular flexibility index (Phi) is 4.55. The molecule has 0 aliphatic heterocycles. The summed E-state index contributed by atoms with van der Waals surface area (Å²) in [6, 6.07) is 10.6. The van der Waals surface area contributed by atoms with Gasteiger partial charge in [-0.05, 0) is 29.8 Å². The fourth-order valence-electron chi connectivity index (χ4n) is 1.41. The molecule has 0 saturated carbocycles. The Labute approximate surface area is 120 Å². The van der Waals surface area contributed by atoms with E-state index in [1.54, 1.807) is 24.3 Å². The van der Waals surface area contributed by atoms with E-state index in [2.05, 4.69) is 10.3 Å². The Morgan fingerprint density at radius 2 is 1.95 bits per heavy atom. The summed E-state index contributed by atoms with van der Waals surface area (Å²) >= 11 is 11.6. The second-order valence-electron chi connectivity index (χ2n) is 3.71. The Balaban J connectivity index is 2.02. The summed E-state index contributed by atoms with van der Waals surface area (Å²) in [6.45, 7) is 0. The van der Waals surface area contributed by atoms with Gasteiger partial charge in [-0.2, -0.15) is 0 Å². The third-order valence-electron chi connectivity index (χ3n) is 2.31. The summed E-state index contributed by atoms with van der Waals surface area (Å²) < 4.78 is 0. The molecule has 1 heterocycles. The number of anilines is 1. The number of nitrogens with one attached hydrogen (secondary N) is 1. The van der Waals surface area contributed by atoms with Crippen molar-refractivity contribution < 1.29 is 4.79 Å². The smallest absolute Gasteiger partial charge is 0.248 e. The normalized spacial score (nSPS) is 10.6. The molecule has 2 rings (SSSR count). The monoisotopic (exact) mass is 292 g/mol. The van der Waals surface area contributed by atoms with Gasteiger partial charge in [-0.1, -0.05) is 41.4 Å². The molecule has 2 aromatic rings. The molecule has 0 aliphatic rings. The lowest BCUT2D eigenvalue weighted by Crippen LogP contribution is -2.07. The van der Waals surface area contributed by atoms with Gasteiger partial charge in [-0.3, -0.25) is 4.79 Å². The Hall–Kier alpha value is -1.84. The van der Waals surface area contributed by atoms with Crippen LogP contribution in [-0.4, -0.2) is 10.9 Å². The number of rotatable bonds is 3. The number of benzene rings is 1. The highest BCUT2D eigenvalue weighted by molar-refractivity contribution is 6.32. The number of hydrogen-bond donors (Lipinski definition) is 1. The molecule has 0 radical (unpaired) electrons. The van der Waals surface area contributed by atoms with E-state index in [1.807, 2.05) is 18.2 Å². The summed E-state index contributed by atoms with van der Waals surface area (Å²) in [4.78, 5) is 15.6. The maximum atomic E-state index is 11.7. The number of halogens is 2. The lowest BCUT2D eigenvalue weighted by molar-refractivity contribution is -0.111. The van der Waals surface area contributed by atoms with Crippen molar-refractivity contribution in [2.24, 2.45) is 0 Å². The first-order chi connectivity index (χ1) is 9.15. The number of carbonyl (C=O) groups is 1. The molecule has 19 heavy (non-hydrogen) atoms. The van der Waals surface area contributed by atoms with Gasteiger partial charge in [-0.15, -0.1) is 0 Å². The van der Waals surface area contributed by atoms with E-state index in [4.69, 9.17) is 23.2 Å². The standard InChI is InChI=1S/C14H10Cl2N2O/c15-12-4-2-1-3-10(12)5-8-14(19)18-11-6-7-13(16)17-9-11/h1-9H,(H,18,19)/b8-5+. The lowest BCUT2D eigenvalue weighted by atomic mass is 10.2. The van der Waals surface area contributed by atoms with Gasteiger partial charge in [0.25, 0.3) is 0 Å². The van der Waals surface area contributed by atoms with Crippen LogP contribution < -0.4 is 5.32 Å². The molecule has 1 N–H and O–H groups in total. The molecular formula is C14H10Cl2N2O. The molecule has 0 bridgehead atoms. The second-order valence-corrected chi connectivity index (χ2v) is 4.51. The van der Waals surface area contributed by atoms with Crippen LogP contribution in [0.4, 0.5) is 5.69 Å². The number of aromatic nitrogens is 1. The van der Waals surface area contributed by atoms with Crippen LogP contribution in [0.1, 0.15) is 5.56 Å². The molecule has 0 fully saturated rings. The van der Waals surface area contributed by atoms with Gasteiger partial charge in [-0.25, -0.2) is 4.98 Å². The average molecular weight is 293 g/mol. The molecule has 0 unspecified atom stereocenters. The van der Waals surface area contributed by atoms with Crippen LogP contribution >= 0.6 is 23.2 Å². The highest BCUT2D eigenvalue weighted by atomic mass is 35.5. The van der Waals surface area contributed by atoms with Gasteiger partial charge in [0, 0.05) is 11.1 Å². The fraction of sp³-hybridized carbons (Fsp3) is 0. The van der Waals surface area contributed by atoms with Crippen LogP contribution in [0.25, 0.3) is 6.08 Å². The number of hydrogen-bond acceptors (Lipinski definition) is 2. The number of pyridine rings is 1. The molecule has 0 saturated heterocycles. The minimum atomic E-state index is -0.260. The van der Waals surface area contributed by atoms with Crippen LogP contribution in [-0.2, 0) is 4.79 Å². The van der Waals surface area contributed by atoms with Gasteiger partial charge in [0.15, 0.2) is 0 Å². The van der Waals surface area contributed by atoms with E-state index in [1.165, 1.54) is 12.3 Å². The maximum Gasteiger partial charge on any atom is 0.248 e. The van der Waals surface area contributed by atoms with Crippen molar-refractivity contribution in [3.8, 4) is 0 Å². The minimum Gasteiger partial charge on any atom is -0.321 e. The number of amides is 1. The zero-order valence-corrected chi connectivity index (χ0v) is 11.3. The van der Waals surface area contributed by atoms with Crippen LogP contribution in [0.5, 0.6) is 0 Å². The van der Waals surface area contributed by atoms with E-state index in [9.17, 15) is 4.79 Å². The van der Waals surface area contributed by atoms with Gasteiger partial charge < -0.3 is 5.32 Å². The predicted molar refractivity (Wildman–Crippen MR) is 78.4 cm³/mol. The number of carbonyl (C=O) groups excluding carboxylic acids is 1. The van der Waals surface area contributed by atoms with Gasteiger partial charge in [0.1, 0.15) is 5.15 Å². The average Bonchev–Trinajstić information content (AvgIpc) is 2.40. The van der Waals surface area contributed by atoms with Crippen molar-refractivity contribution in [1.29, 1.82) is 0 Å². The summed E-state index contributed by atoms with van der Waals surface area (Å²) in [5.41, 5.74) is 1.37. The van der Waals surface area contributed by atoms with Gasteiger partial charge in [0.05, 0.1) is 11.9 Å². The summed E-state index contributed by atoms with van der Waals surface area (Å²) in [5, 5.41) is 3.65. The molecule has 1 amide bonds.